The van der Waals surface area contributed by atoms with E-state index in [0.29, 0.717) is 6.54 Å². The molecule has 0 bridgehead atoms. The van der Waals surface area contributed by atoms with Crippen LogP contribution >= 0.6 is 0 Å². The molecule has 0 saturated heterocycles. The lowest BCUT2D eigenvalue weighted by molar-refractivity contribution is -0.142. The summed E-state index contributed by atoms with van der Waals surface area (Å²) in [6, 6.07) is 5.75. The van der Waals surface area contributed by atoms with Crippen molar-refractivity contribution in [2.24, 2.45) is 0 Å². The van der Waals surface area contributed by atoms with E-state index in [9.17, 15) is 4.79 Å². The summed E-state index contributed by atoms with van der Waals surface area (Å²) in [5.41, 5.74) is 1.05. The molecule has 0 aliphatic carbocycles. The first-order valence-electron chi connectivity index (χ1n) is 7.14. The summed E-state index contributed by atoms with van der Waals surface area (Å²) in [7, 11) is 4.67. The van der Waals surface area contributed by atoms with Gasteiger partial charge in [-0.3, -0.25) is 9.69 Å². The molecule has 1 rings (SSSR count). The first kappa shape index (κ1) is 17.3. The van der Waals surface area contributed by atoms with Gasteiger partial charge in [-0.15, -0.1) is 0 Å². The van der Waals surface area contributed by atoms with Crippen LogP contribution < -0.4 is 9.47 Å². The Labute approximate surface area is 126 Å². The highest BCUT2D eigenvalue weighted by molar-refractivity contribution is 5.71. The van der Waals surface area contributed by atoms with E-state index in [1.54, 1.807) is 14.2 Å². The average molecular weight is 295 g/mol. The average Bonchev–Trinajstić information content (AvgIpc) is 2.51. The van der Waals surface area contributed by atoms with Gasteiger partial charge in [-0.1, -0.05) is 13.3 Å². The zero-order valence-corrected chi connectivity index (χ0v) is 13.3. The van der Waals surface area contributed by atoms with Crippen molar-refractivity contribution < 1.29 is 19.0 Å². The summed E-state index contributed by atoms with van der Waals surface area (Å²) < 4.78 is 15.3. The minimum atomic E-state index is -0.221. The third kappa shape index (κ3) is 6.04. The monoisotopic (exact) mass is 295 g/mol. The van der Waals surface area contributed by atoms with Crippen LogP contribution in [0.4, 0.5) is 0 Å². The third-order valence-corrected chi connectivity index (χ3v) is 3.23. The lowest BCUT2D eigenvalue weighted by Gasteiger charge is -2.21. The number of carbonyl (C=O) groups excluding carboxylic acids is 1. The summed E-state index contributed by atoms with van der Waals surface area (Å²) in [6.07, 6.45) is 2.12. The van der Waals surface area contributed by atoms with E-state index in [-0.39, 0.29) is 12.5 Å². The number of ether oxygens (including phenoxy) is 3. The van der Waals surface area contributed by atoms with Gasteiger partial charge in [0.25, 0.3) is 0 Å². The van der Waals surface area contributed by atoms with Gasteiger partial charge in [0.2, 0.25) is 0 Å². The molecule has 118 valence electrons. The van der Waals surface area contributed by atoms with Crippen LogP contribution in [0.5, 0.6) is 11.5 Å². The normalized spacial score (nSPS) is 10.5. The second kappa shape index (κ2) is 9.23. The standard InChI is InChI=1S/C16H25NO4/c1-5-6-7-17(12-16(18)21-4)11-13-8-14(19-2)10-15(9-13)20-3/h8-10H,5-7,11-12H2,1-4H3. The highest BCUT2D eigenvalue weighted by atomic mass is 16.5. The van der Waals surface area contributed by atoms with Crippen molar-refractivity contribution in [1.82, 2.24) is 4.90 Å². The van der Waals surface area contributed by atoms with Gasteiger partial charge in [0.05, 0.1) is 27.9 Å². The smallest absolute Gasteiger partial charge is 0.319 e. The highest BCUT2D eigenvalue weighted by Crippen LogP contribution is 2.23. The molecule has 5 nitrogen and oxygen atoms in total. The van der Waals surface area contributed by atoms with E-state index < -0.39 is 0 Å². The Bertz CT molecular complexity index is 426. The van der Waals surface area contributed by atoms with Gasteiger partial charge in [0.1, 0.15) is 11.5 Å². The molecule has 1 aromatic rings. The first-order chi connectivity index (χ1) is 10.1. The molecule has 0 saturated carbocycles. The van der Waals surface area contributed by atoms with Crippen molar-refractivity contribution in [3.05, 3.63) is 23.8 Å². The number of methoxy groups -OCH3 is 3. The van der Waals surface area contributed by atoms with Crippen LogP contribution in [0.15, 0.2) is 18.2 Å². The van der Waals surface area contributed by atoms with Crippen molar-refractivity contribution in [2.75, 3.05) is 34.4 Å². The first-order valence-corrected chi connectivity index (χ1v) is 7.14. The lowest BCUT2D eigenvalue weighted by atomic mass is 10.1. The van der Waals surface area contributed by atoms with Gasteiger partial charge >= 0.3 is 5.97 Å². The maximum absolute atomic E-state index is 11.5. The second-order valence-corrected chi connectivity index (χ2v) is 4.86. The number of benzene rings is 1. The molecule has 0 heterocycles. The van der Waals surface area contributed by atoms with Crippen molar-refractivity contribution in [1.29, 1.82) is 0 Å². The minimum absolute atomic E-state index is 0.221. The SMILES string of the molecule is CCCCN(CC(=O)OC)Cc1cc(OC)cc(OC)c1. The summed E-state index contributed by atoms with van der Waals surface area (Å²) in [4.78, 5) is 13.6. The number of rotatable bonds is 9. The van der Waals surface area contributed by atoms with E-state index in [4.69, 9.17) is 14.2 Å². The van der Waals surface area contributed by atoms with E-state index >= 15 is 0 Å². The molecule has 0 aliphatic rings. The second-order valence-electron chi connectivity index (χ2n) is 4.86. The van der Waals surface area contributed by atoms with Crippen LogP contribution in [0.3, 0.4) is 0 Å². The lowest BCUT2D eigenvalue weighted by Crippen LogP contribution is -2.31. The van der Waals surface area contributed by atoms with E-state index in [0.717, 1.165) is 36.4 Å². The zero-order valence-electron chi connectivity index (χ0n) is 13.3. The number of nitrogens with zero attached hydrogens (tertiary/aromatic N) is 1. The number of esters is 1. The maximum Gasteiger partial charge on any atom is 0.319 e. The van der Waals surface area contributed by atoms with Gasteiger partial charge in [-0.25, -0.2) is 0 Å². The highest BCUT2D eigenvalue weighted by Gasteiger charge is 2.12. The number of carbonyl (C=O) groups is 1. The van der Waals surface area contributed by atoms with E-state index in [1.807, 2.05) is 18.2 Å². The Morgan fingerprint density at radius 1 is 1.10 bits per heavy atom. The molecule has 0 atom stereocenters. The van der Waals surface area contributed by atoms with Crippen molar-refractivity contribution >= 4 is 5.97 Å². The molecule has 0 amide bonds. The Hall–Kier alpha value is -1.75. The summed E-state index contributed by atoms with van der Waals surface area (Å²) in [5.74, 6) is 1.27. The van der Waals surface area contributed by atoms with Crippen molar-refractivity contribution in [2.45, 2.75) is 26.3 Å². The molecular formula is C16H25NO4. The summed E-state index contributed by atoms with van der Waals surface area (Å²) >= 11 is 0. The van der Waals surface area contributed by atoms with Crippen LogP contribution in [-0.2, 0) is 16.1 Å². The maximum atomic E-state index is 11.5. The van der Waals surface area contributed by atoms with Crippen LogP contribution in [0.2, 0.25) is 0 Å². The van der Waals surface area contributed by atoms with Crippen LogP contribution in [-0.4, -0.2) is 45.3 Å². The molecule has 21 heavy (non-hydrogen) atoms. The predicted octanol–water partition coefficient (Wildman–Crippen LogP) is 2.48. The molecule has 0 unspecified atom stereocenters. The fourth-order valence-electron chi connectivity index (χ4n) is 2.06. The molecule has 0 radical (unpaired) electrons. The largest absolute Gasteiger partial charge is 0.497 e. The van der Waals surface area contributed by atoms with Gasteiger partial charge < -0.3 is 14.2 Å². The van der Waals surface area contributed by atoms with E-state index in [1.165, 1.54) is 7.11 Å². The Balaban J connectivity index is 2.82. The zero-order chi connectivity index (χ0) is 15.7. The van der Waals surface area contributed by atoms with Crippen LogP contribution in [0.1, 0.15) is 25.3 Å². The van der Waals surface area contributed by atoms with Gasteiger partial charge in [0.15, 0.2) is 0 Å². The molecule has 0 N–H and O–H groups in total. The fraction of sp³-hybridized carbons (Fsp3) is 0.562. The molecule has 0 aromatic heterocycles. The quantitative estimate of drug-likeness (QED) is 0.655. The molecule has 0 spiro atoms. The number of hydrogen-bond acceptors (Lipinski definition) is 5. The van der Waals surface area contributed by atoms with Gasteiger partial charge in [-0.05, 0) is 30.7 Å². The van der Waals surface area contributed by atoms with E-state index in [2.05, 4.69) is 11.8 Å². The molecule has 0 aliphatic heterocycles. The molecular weight excluding hydrogens is 270 g/mol. The van der Waals surface area contributed by atoms with Crippen LogP contribution in [0, 0.1) is 0 Å². The molecule has 5 heteroatoms. The minimum Gasteiger partial charge on any atom is -0.497 e. The van der Waals surface area contributed by atoms with Crippen molar-refractivity contribution in [3.63, 3.8) is 0 Å². The molecule has 0 fully saturated rings. The Morgan fingerprint density at radius 3 is 2.19 bits per heavy atom. The topological polar surface area (TPSA) is 48.0 Å². The van der Waals surface area contributed by atoms with Crippen LogP contribution in [0.25, 0.3) is 0 Å². The molecule has 1 aromatic carbocycles. The fourth-order valence-corrected chi connectivity index (χ4v) is 2.06. The summed E-state index contributed by atoms with van der Waals surface area (Å²) in [5, 5.41) is 0. The van der Waals surface area contributed by atoms with Gasteiger partial charge in [-0.2, -0.15) is 0 Å². The predicted molar refractivity (Wildman–Crippen MR) is 81.7 cm³/mol. The Morgan fingerprint density at radius 2 is 1.71 bits per heavy atom. The van der Waals surface area contributed by atoms with Gasteiger partial charge in [0, 0.05) is 12.6 Å². The number of unbranched alkanes of at least 4 members (excludes halogenated alkanes) is 1. The number of hydrogen-bond donors (Lipinski definition) is 0. The summed E-state index contributed by atoms with van der Waals surface area (Å²) in [6.45, 7) is 3.93. The Kier molecular flexibility index (Phi) is 7.61. The third-order valence-electron chi connectivity index (χ3n) is 3.23. The van der Waals surface area contributed by atoms with Crippen molar-refractivity contribution in [3.8, 4) is 11.5 Å².